The maximum Gasteiger partial charge on any atom is 0.416 e. The van der Waals surface area contributed by atoms with Gasteiger partial charge in [0, 0.05) is 29.1 Å². The summed E-state index contributed by atoms with van der Waals surface area (Å²) in [5, 5.41) is 15.1. The number of nitrogens with zero attached hydrogens (tertiary/aromatic N) is 3. The van der Waals surface area contributed by atoms with Gasteiger partial charge in [-0.05, 0) is 63.6 Å². The fourth-order valence-electron chi connectivity index (χ4n) is 4.26. The van der Waals surface area contributed by atoms with Gasteiger partial charge in [0.05, 0.1) is 48.7 Å². The van der Waals surface area contributed by atoms with Crippen molar-refractivity contribution in [3.8, 4) is 28.6 Å². The highest BCUT2D eigenvalue weighted by Gasteiger charge is 2.37. The molecule has 2 aromatic heterocycles. The Balaban J connectivity index is 1.45. The SMILES string of the molecule is CCOc1cc(OC)ccc1COc1cncc(-c2ncc(NC(=O)Nc3ccc(C(C)(C)O)c(C(F)(F)F)c3)c(C)n2)c1. The van der Waals surface area contributed by atoms with Crippen molar-refractivity contribution in [2.24, 2.45) is 0 Å². The average molecular weight is 612 g/mol. The van der Waals surface area contributed by atoms with Crippen molar-refractivity contribution in [2.45, 2.75) is 46.1 Å². The summed E-state index contributed by atoms with van der Waals surface area (Å²) in [5.74, 6) is 2.11. The molecular formula is C31H32F3N5O5. The molecule has 0 fully saturated rings. The Morgan fingerprint density at radius 1 is 0.955 bits per heavy atom. The Kier molecular flexibility index (Phi) is 9.58. The van der Waals surface area contributed by atoms with Crippen molar-refractivity contribution in [1.29, 1.82) is 0 Å². The van der Waals surface area contributed by atoms with Crippen LogP contribution in [0.3, 0.4) is 0 Å². The molecule has 0 bridgehead atoms. The molecule has 0 radical (unpaired) electrons. The molecule has 0 aliphatic rings. The third-order valence-corrected chi connectivity index (χ3v) is 6.41. The van der Waals surface area contributed by atoms with Crippen molar-refractivity contribution < 1.29 is 37.3 Å². The molecule has 10 nitrogen and oxygen atoms in total. The lowest BCUT2D eigenvalue weighted by Crippen LogP contribution is -2.24. The van der Waals surface area contributed by atoms with Gasteiger partial charge in [-0.15, -0.1) is 0 Å². The number of alkyl halides is 3. The van der Waals surface area contributed by atoms with Gasteiger partial charge in [-0.2, -0.15) is 13.2 Å². The van der Waals surface area contributed by atoms with E-state index in [-0.39, 0.29) is 23.5 Å². The van der Waals surface area contributed by atoms with E-state index in [4.69, 9.17) is 14.2 Å². The summed E-state index contributed by atoms with van der Waals surface area (Å²) in [7, 11) is 1.58. The van der Waals surface area contributed by atoms with E-state index < -0.39 is 23.4 Å². The van der Waals surface area contributed by atoms with Crippen molar-refractivity contribution in [3.05, 3.63) is 83.4 Å². The molecular weight excluding hydrogens is 579 g/mol. The van der Waals surface area contributed by atoms with Crippen LogP contribution < -0.4 is 24.8 Å². The first-order chi connectivity index (χ1) is 20.8. The predicted molar refractivity (Wildman–Crippen MR) is 158 cm³/mol. The summed E-state index contributed by atoms with van der Waals surface area (Å²) in [4.78, 5) is 25.6. The van der Waals surface area contributed by atoms with Crippen LogP contribution in [0.5, 0.6) is 17.2 Å². The minimum atomic E-state index is -4.73. The lowest BCUT2D eigenvalue weighted by molar-refractivity contribution is -0.140. The number of benzene rings is 2. The zero-order chi connectivity index (χ0) is 32.1. The molecule has 0 atom stereocenters. The zero-order valence-corrected chi connectivity index (χ0v) is 24.7. The standard InChI is InChI=1S/C31H32F3N5O5/c1-6-43-27-13-22(42-5)9-7-19(27)17-44-23-11-20(14-35-15-23)28-36-16-26(18(2)37-28)39-29(40)38-21-8-10-24(30(3,4)41)25(12-21)31(32,33)34/h7-16,41H,6,17H2,1-5H3,(H2,38,39,40). The number of methoxy groups -OCH3 is 1. The van der Waals surface area contributed by atoms with Gasteiger partial charge < -0.3 is 30.0 Å². The van der Waals surface area contributed by atoms with E-state index >= 15 is 0 Å². The fraction of sp³-hybridized carbons (Fsp3) is 0.290. The first-order valence-corrected chi connectivity index (χ1v) is 13.5. The summed E-state index contributed by atoms with van der Waals surface area (Å²) >= 11 is 0. The number of aromatic nitrogens is 3. The van der Waals surface area contributed by atoms with E-state index in [0.29, 0.717) is 40.9 Å². The van der Waals surface area contributed by atoms with Gasteiger partial charge in [0.15, 0.2) is 5.82 Å². The van der Waals surface area contributed by atoms with E-state index in [0.717, 1.165) is 17.7 Å². The molecule has 0 aliphatic heterocycles. The number of urea groups is 1. The Morgan fingerprint density at radius 2 is 1.73 bits per heavy atom. The van der Waals surface area contributed by atoms with Gasteiger partial charge in [-0.25, -0.2) is 14.8 Å². The number of hydrogen-bond acceptors (Lipinski definition) is 8. The summed E-state index contributed by atoms with van der Waals surface area (Å²) in [5.41, 5.74) is -1.16. The van der Waals surface area contributed by atoms with Crippen LogP contribution in [0.15, 0.2) is 61.1 Å². The van der Waals surface area contributed by atoms with Crippen LogP contribution >= 0.6 is 0 Å². The van der Waals surface area contributed by atoms with Crippen LogP contribution in [0.1, 0.15) is 43.2 Å². The van der Waals surface area contributed by atoms with Crippen LogP contribution in [0, 0.1) is 6.92 Å². The van der Waals surface area contributed by atoms with Crippen LogP contribution in [0.4, 0.5) is 29.3 Å². The first kappa shape index (κ1) is 32.0. The Hall–Kier alpha value is -4.91. The molecule has 4 rings (SSSR count). The third-order valence-electron chi connectivity index (χ3n) is 6.41. The molecule has 0 aliphatic carbocycles. The van der Waals surface area contributed by atoms with Crippen LogP contribution in [0.2, 0.25) is 0 Å². The van der Waals surface area contributed by atoms with Crippen LogP contribution in [-0.4, -0.2) is 39.8 Å². The average Bonchev–Trinajstić information content (AvgIpc) is 2.96. The number of amides is 2. The molecule has 2 aromatic carbocycles. The molecule has 3 N–H and O–H groups in total. The monoisotopic (exact) mass is 611 g/mol. The molecule has 13 heteroatoms. The summed E-state index contributed by atoms with van der Waals surface area (Å²) < 4.78 is 57.7. The lowest BCUT2D eigenvalue weighted by atomic mass is 9.92. The molecule has 0 saturated heterocycles. The van der Waals surface area contributed by atoms with Crippen LogP contribution in [0.25, 0.3) is 11.4 Å². The smallest absolute Gasteiger partial charge is 0.416 e. The highest BCUT2D eigenvalue weighted by Crippen LogP contribution is 2.38. The second-order valence-corrected chi connectivity index (χ2v) is 10.2. The largest absolute Gasteiger partial charge is 0.497 e. The fourth-order valence-corrected chi connectivity index (χ4v) is 4.26. The summed E-state index contributed by atoms with van der Waals surface area (Å²) in [6.07, 6.45) is -0.229. The number of halogens is 3. The Labute approximate surface area is 252 Å². The third kappa shape index (κ3) is 7.92. The molecule has 0 unspecified atom stereocenters. The number of aryl methyl sites for hydroxylation is 1. The number of pyridine rings is 1. The highest BCUT2D eigenvalue weighted by atomic mass is 19.4. The molecule has 232 valence electrons. The topological polar surface area (TPSA) is 128 Å². The molecule has 2 heterocycles. The highest BCUT2D eigenvalue weighted by molar-refractivity contribution is 6.00. The number of carbonyl (C=O) groups is 1. The summed E-state index contributed by atoms with van der Waals surface area (Å²) in [6, 6.07) is 9.57. The number of rotatable bonds is 10. The predicted octanol–water partition coefficient (Wildman–Crippen LogP) is 6.72. The second kappa shape index (κ2) is 13.2. The number of ether oxygens (including phenoxy) is 3. The van der Waals surface area contributed by atoms with Gasteiger partial charge in [-0.3, -0.25) is 4.98 Å². The van der Waals surface area contributed by atoms with E-state index in [9.17, 15) is 23.1 Å². The normalized spacial score (nSPS) is 11.6. The lowest BCUT2D eigenvalue weighted by Gasteiger charge is -2.23. The number of aliphatic hydroxyl groups is 1. The maximum atomic E-state index is 13.6. The van der Waals surface area contributed by atoms with Crippen molar-refractivity contribution >= 4 is 17.4 Å². The Morgan fingerprint density at radius 3 is 2.39 bits per heavy atom. The number of hydrogen-bond donors (Lipinski definition) is 3. The quantitative estimate of drug-likeness (QED) is 0.180. The van der Waals surface area contributed by atoms with Gasteiger partial charge >= 0.3 is 12.2 Å². The minimum absolute atomic E-state index is 0.107. The van der Waals surface area contributed by atoms with Crippen molar-refractivity contribution in [1.82, 2.24) is 15.0 Å². The number of carbonyl (C=O) groups excluding carboxylic acids is 1. The maximum absolute atomic E-state index is 13.6. The first-order valence-electron chi connectivity index (χ1n) is 13.5. The van der Waals surface area contributed by atoms with E-state index in [1.807, 2.05) is 19.1 Å². The molecule has 0 saturated carbocycles. The number of nitrogens with one attached hydrogen (secondary N) is 2. The van der Waals surface area contributed by atoms with E-state index in [1.54, 1.807) is 38.6 Å². The van der Waals surface area contributed by atoms with Crippen molar-refractivity contribution in [3.63, 3.8) is 0 Å². The minimum Gasteiger partial charge on any atom is -0.497 e. The van der Waals surface area contributed by atoms with E-state index in [2.05, 4.69) is 25.6 Å². The molecule has 44 heavy (non-hydrogen) atoms. The molecule has 4 aromatic rings. The van der Waals surface area contributed by atoms with Gasteiger partial charge in [0.2, 0.25) is 0 Å². The van der Waals surface area contributed by atoms with Gasteiger partial charge in [0.25, 0.3) is 0 Å². The molecule has 0 spiro atoms. The van der Waals surface area contributed by atoms with Crippen LogP contribution in [-0.2, 0) is 18.4 Å². The zero-order valence-electron chi connectivity index (χ0n) is 24.7. The number of anilines is 2. The summed E-state index contributed by atoms with van der Waals surface area (Å²) in [6.45, 7) is 6.74. The van der Waals surface area contributed by atoms with E-state index in [1.165, 1.54) is 26.1 Å². The van der Waals surface area contributed by atoms with Crippen molar-refractivity contribution in [2.75, 3.05) is 24.4 Å². The second-order valence-electron chi connectivity index (χ2n) is 10.2. The Bertz CT molecular complexity index is 1640. The van der Waals surface area contributed by atoms with Gasteiger partial charge in [-0.1, -0.05) is 6.07 Å². The van der Waals surface area contributed by atoms with Gasteiger partial charge in [0.1, 0.15) is 23.9 Å². The molecule has 2 amide bonds.